The maximum Gasteiger partial charge on any atom is 0.326 e. The number of amides is 3. The van der Waals surface area contributed by atoms with Gasteiger partial charge in [-0.25, -0.2) is 4.79 Å². The number of hydrogen-bond donors (Lipinski definition) is 6. The number of carbonyl (C=O) groups excluding carboxylic acids is 3. The second-order valence-electron chi connectivity index (χ2n) is 7.79. The zero-order valence-corrected chi connectivity index (χ0v) is 17.8. The summed E-state index contributed by atoms with van der Waals surface area (Å²) < 4.78 is 0. The second-order valence-corrected chi connectivity index (χ2v) is 7.79. The van der Waals surface area contributed by atoms with Crippen LogP contribution in [0.2, 0.25) is 0 Å². The summed E-state index contributed by atoms with van der Waals surface area (Å²) in [5, 5.41) is 33.3. The van der Waals surface area contributed by atoms with Crippen molar-refractivity contribution in [2.24, 2.45) is 5.73 Å². The number of aliphatic hydroxyl groups excluding tert-OH is 2. The molecule has 0 bridgehead atoms. The van der Waals surface area contributed by atoms with E-state index in [9.17, 15) is 29.4 Å². The molecule has 0 spiro atoms. The molecule has 0 radical (unpaired) electrons. The number of carboxylic acids is 1. The van der Waals surface area contributed by atoms with Crippen molar-refractivity contribution >= 4 is 23.7 Å². The Bertz CT molecular complexity index is 818. The number of nitrogens with two attached hydrogens (primary N) is 1. The van der Waals surface area contributed by atoms with E-state index in [1.165, 1.54) is 11.8 Å². The zero-order chi connectivity index (χ0) is 23.8. The van der Waals surface area contributed by atoms with Crippen LogP contribution in [0.1, 0.15) is 25.3 Å². The van der Waals surface area contributed by atoms with E-state index in [0.717, 1.165) is 5.56 Å². The summed E-state index contributed by atoms with van der Waals surface area (Å²) in [7, 11) is 0. The van der Waals surface area contributed by atoms with Gasteiger partial charge in [-0.1, -0.05) is 30.3 Å². The largest absolute Gasteiger partial charge is 0.480 e. The number of carboxylic acid groups (broad SMARTS) is 1. The molecule has 2 rings (SSSR count). The number of aliphatic hydroxyl groups is 2. The van der Waals surface area contributed by atoms with Gasteiger partial charge in [0.1, 0.15) is 24.2 Å². The molecule has 11 heteroatoms. The third kappa shape index (κ3) is 6.49. The lowest BCUT2D eigenvalue weighted by Gasteiger charge is -2.31. The highest BCUT2D eigenvalue weighted by atomic mass is 16.4. The second kappa shape index (κ2) is 11.6. The third-order valence-electron chi connectivity index (χ3n) is 5.32. The summed E-state index contributed by atoms with van der Waals surface area (Å²) in [5.74, 6) is -3.33. The van der Waals surface area contributed by atoms with Gasteiger partial charge < -0.3 is 36.6 Å². The van der Waals surface area contributed by atoms with Gasteiger partial charge in [0.15, 0.2) is 0 Å². The summed E-state index contributed by atoms with van der Waals surface area (Å²) in [5.41, 5.74) is 6.19. The Labute approximate surface area is 185 Å². The van der Waals surface area contributed by atoms with Gasteiger partial charge in [-0.2, -0.15) is 0 Å². The van der Waals surface area contributed by atoms with Gasteiger partial charge in [0.25, 0.3) is 0 Å². The quantitative estimate of drug-likeness (QED) is 0.236. The van der Waals surface area contributed by atoms with E-state index in [4.69, 9.17) is 10.8 Å². The number of nitrogens with zero attached hydrogens (tertiary/aromatic N) is 1. The first kappa shape index (κ1) is 25.2. The minimum atomic E-state index is -1.37. The average molecular weight is 450 g/mol. The van der Waals surface area contributed by atoms with Crippen molar-refractivity contribution in [3.63, 3.8) is 0 Å². The molecule has 1 saturated heterocycles. The molecule has 5 unspecified atom stereocenters. The first-order valence-corrected chi connectivity index (χ1v) is 10.4. The lowest BCUT2D eigenvalue weighted by atomic mass is 10.0. The molecule has 0 aromatic heterocycles. The van der Waals surface area contributed by atoms with Crippen molar-refractivity contribution in [3.8, 4) is 0 Å². The summed E-state index contributed by atoms with van der Waals surface area (Å²) >= 11 is 0. The first-order chi connectivity index (χ1) is 15.1. The van der Waals surface area contributed by atoms with Gasteiger partial charge in [-0.05, 0) is 25.3 Å². The normalized spacial score (nSPS) is 19.5. The highest BCUT2D eigenvalue weighted by Crippen LogP contribution is 2.20. The predicted octanol–water partition coefficient (Wildman–Crippen LogP) is -2.03. The van der Waals surface area contributed by atoms with Crippen LogP contribution in [0.4, 0.5) is 0 Å². The van der Waals surface area contributed by atoms with Gasteiger partial charge in [0.2, 0.25) is 17.7 Å². The first-order valence-electron chi connectivity index (χ1n) is 10.4. The number of rotatable bonds is 10. The van der Waals surface area contributed by atoms with Crippen LogP contribution in [-0.2, 0) is 25.6 Å². The highest BCUT2D eigenvalue weighted by molar-refractivity contribution is 5.94. The fraction of sp³-hybridized carbons (Fsp3) is 0.524. The molecule has 1 aromatic rings. The Morgan fingerprint density at radius 3 is 2.41 bits per heavy atom. The van der Waals surface area contributed by atoms with Crippen LogP contribution in [0.25, 0.3) is 0 Å². The number of carbonyl (C=O) groups is 4. The number of benzene rings is 1. The Morgan fingerprint density at radius 2 is 1.84 bits per heavy atom. The van der Waals surface area contributed by atoms with Gasteiger partial charge in [-0.15, -0.1) is 0 Å². The summed E-state index contributed by atoms with van der Waals surface area (Å²) in [6, 6.07) is 4.07. The molecule has 5 atom stereocenters. The van der Waals surface area contributed by atoms with E-state index in [1.807, 2.05) is 0 Å². The van der Waals surface area contributed by atoms with E-state index < -0.39 is 60.6 Å². The monoisotopic (exact) mass is 450 g/mol. The number of hydrogen-bond acceptors (Lipinski definition) is 7. The van der Waals surface area contributed by atoms with Crippen LogP contribution in [0.15, 0.2) is 30.3 Å². The number of likely N-dealkylation sites (tertiary alicyclic amines) is 1. The molecule has 1 aliphatic heterocycles. The third-order valence-corrected chi connectivity index (χ3v) is 5.32. The van der Waals surface area contributed by atoms with Crippen LogP contribution >= 0.6 is 0 Å². The van der Waals surface area contributed by atoms with E-state index in [2.05, 4.69) is 10.6 Å². The summed E-state index contributed by atoms with van der Waals surface area (Å²) in [4.78, 5) is 50.8. The summed E-state index contributed by atoms with van der Waals surface area (Å²) in [6.07, 6.45) is -0.400. The van der Waals surface area contributed by atoms with Crippen LogP contribution in [0.5, 0.6) is 0 Å². The van der Waals surface area contributed by atoms with Crippen LogP contribution < -0.4 is 16.4 Å². The molecule has 32 heavy (non-hydrogen) atoms. The molecule has 1 aliphatic rings. The van der Waals surface area contributed by atoms with E-state index in [0.29, 0.717) is 12.8 Å². The Morgan fingerprint density at radius 1 is 1.19 bits per heavy atom. The predicted molar refractivity (Wildman–Crippen MR) is 113 cm³/mol. The lowest BCUT2D eigenvalue weighted by molar-refractivity contribution is -0.146. The SMILES string of the molecule is CC(O)C(NC(=O)C(N)CO)C(=O)N1CCCC1C(=O)NC(Cc1ccccc1)C(=O)O. The van der Waals surface area contributed by atoms with Gasteiger partial charge in [-0.3, -0.25) is 14.4 Å². The Kier molecular flexibility index (Phi) is 9.12. The molecule has 1 aromatic carbocycles. The molecule has 0 saturated carbocycles. The van der Waals surface area contributed by atoms with Crippen molar-refractivity contribution < 1.29 is 34.5 Å². The van der Waals surface area contributed by atoms with Crippen molar-refractivity contribution in [1.29, 1.82) is 0 Å². The minimum Gasteiger partial charge on any atom is -0.480 e. The van der Waals surface area contributed by atoms with E-state index in [-0.39, 0.29) is 13.0 Å². The zero-order valence-electron chi connectivity index (χ0n) is 17.8. The topological polar surface area (TPSA) is 182 Å². The molecule has 1 fully saturated rings. The Balaban J connectivity index is 2.11. The number of aliphatic carboxylic acids is 1. The molecular formula is C21H30N4O7. The summed E-state index contributed by atoms with van der Waals surface area (Å²) in [6.45, 7) is 0.872. The fourth-order valence-corrected chi connectivity index (χ4v) is 3.53. The minimum absolute atomic E-state index is 0.0774. The van der Waals surface area contributed by atoms with Gasteiger partial charge in [0, 0.05) is 13.0 Å². The van der Waals surface area contributed by atoms with Crippen molar-refractivity contribution in [2.45, 2.75) is 56.5 Å². The fourth-order valence-electron chi connectivity index (χ4n) is 3.53. The lowest BCUT2D eigenvalue weighted by Crippen LogP contribution is -2.60. The molecule has 176 valence electrons. The molecule has 7 N–H and O–H groups in total. The van der Waals surface area contributed by atoms with Crippen molar-refractivity contribution in [1.82, 2.24) is 15.5 Å². The van der Waals surface area contributed by atoms with Crippen LogP contribution in [0.3, 0.4) is 0 Å². The number of nitrogens with one attached hydrogen (secondary N) is 2. The highest BCUT2D eigenvalue weighted by Gasteiger charge is 2.40. The van der Waals surface area contributed by atoms with Crippen molar-refractivity contribution in [3.05, 3.63) is 35.9 Å². The van der Waals surface area contributed by atoms with E-state index >= 15 is 0 Å². The Hall–Kier alpha value is -3.02. The molecule has 1 heterocycles. The molecule has 0 aliphatic carbocycles. The van der Waals surface area contributed by atoms with Gasteiger partial charge >= 0.3 is 5.97 Å². The van der Waals surface area contributed by atoms with E-state index in [1.54, 1.807) is 30.3 Å². The maximum atomic E-state index is 13.0. The standard InChI is InChI=1S/C21H30N4O7/c1-12(27)17(24-18(28)14(22)11-26)20(30)25-9-5-8-16(25)19(29)23-15(21(31)32)10-13-6-3-2-4-7-13/h2-4,6-7,12,14-17,26-27H,5,8-11,22H2,1H3,(H,23,29)(H,24,28)(H,31,32). The molecular weight excluding hydrogens is 420 g/mol. The van der Waals surface area contributed by atoms with Gasteiger partial charge in [0.05, 0.1) is 12.7 Å². The molecule has 11 nitrogen and oxygen atoms in total. The smallest absolute Gasteiger partial charge is 0.326 e. The van der Waals surface area contributed by atoms with Crippen LogP contribution in [-0.4, -0.2) is 87.3 Å². The maximum absolute atomic E-state index is 13.0. The van der Waals surface area contributed by atoms with Crippen molar-refractivity contribution in [2.75, 3.05) is 13.2 Å². The average Bonchev–Trinajstić information content (AvgIpc) is 3.26. The molecule has 3 amide bonds. The van der Waals surface area contributed by atoms with Crippen LogP contribution in [0, 0.1) is 0 Å².